The molecule has 2 rings (SSSR count). The first-order valence-electron chi connectivity index (χ1n) is 8.02. The molecule has 1 heterocycles. The van der Waals surface area contributed by atoms with Crippen molar-refractivity contribution in [2.75, 3.05) is 19.6 Å². The summed E-state index contributed by atoms with van der Waals surface area (Å²) in [6.07, 6.45) is 8.18. The molecule has 1 aliphatic carbocycles. The first kappa shape index (κ1) is 14.3. The minimum Gasteiger partial charge on any atom is -0.329 e. The number of likely N-dealkylation sites (tertiary alicyclic amines) is 1. The summed E-state index contributed by atoms with van der Waals surface area (Å²) in [7, 11) is 0. The Hall–Kier alpha value is -0.0800. The van der Waals surface area contributed by atoms with Gasteiger partial charge in [-0.3, -0.25) is 4.90 Å². The zero-order valence-corrected chi connectivity index (χ0v) is 12.6. The van der Waals surface area contributed by atoms with E-state index in [2.05, 4.69) is 25.7 Å². The summed E-state index contributed by atoms with van der Waals surface area (Å²) >= 11 is 0. The lowest BCUT2D eigenvalue weighted by molar-refractivity contribution is 0.0116. The fraction of sp³-hybridized carbons (Fsp3) is 1.00. The number of nitrogens with zero attached hydrogens (tertiary/aromatic N) is 1. The van der Waals surface area contributed by atoms with E-state index in [-0.39, 0.29) is 0 Å². The van der Waals surface area contributed by atoms with Crippen LogP contribution in [0.25, 0.3) is 0 Å². The second-order valence-corrected chi connectivity index (χ2v) is 7.18. The van der Waals surface area contributed by atoms with Crippen molar-refractivity contribution in [3.8, 4) is 0 Å². The smallest absolute Gasteiger partial charge is 0.0331 e. The van der Waals surface area contributed by atoms with E-state index in [1.807, 2.05) is 0 Å². The summed E-state index contributed by atoms with van der Waals surface area (Å²) in [4.78, 5) is 2.75. The van der Waals surface area contributed by atoms with Crippen LogP contribution >= 0.6 is 0 Å². The first-order valence-corrected chi connectivity index (χ1v) is 8.02. The predicted octanol–water partition coefficient (Wildman–Crippen LogP) is 3.26. The van der Waals surface area contributed by atoms with Gasteiger partial charge in [-0.05, 0) is 69.4 Å². The summed E-state index contributed by atoms with van der Waals surface area (Å²) in [6.45, 7) is 10.6. The molecule has 2 aliphatic rings. The number of hydrogen-bond acceptors (Lipinski definition) is 2. The Labute approximate surface area is 113 Å². The Morgan fingerprint density at radius 1 is 1.11 bits per heavy atom. The third-order valence-electron chi connectivity index (χ3n) is 5.74. The normalized spacial score (nSPS) is 36.2. The van der Waals surface area contributed by atoms with Gasteiger partial charge in [0.1, 0.15) is 0 Å². The molecule has 0 unspecified atom stereocenters. The van der Waals surface area contributed by atoms with Crippen LogP contribution in [0.1, 0.15) is 59.3 Å². The van der Waals surface area contributed by atoms with Crippen molar-refractivity contribution in [1.29, 1.82) is 0 Å². The summed E-state index contributed by atoms with van der Waals surface area (Å²) in [6, 6.07) is 0. The van der Waals surface area contributed by atoms with Crippen LogP contribution in [0, 0.1) is 17.8 Å². The van der Waals surface area contributed by atoms with Gasteiger partial charge in [-0.15, -0.1) is 0 Å². The number of rotatable bonds is 3. The van der Waals surface area contributed by atoms with Crippen molar-refractivity contribution in [2.45, 2.75) is 64.8 Å². The Kier molecular flexibility index (Phi) is 4.71. The monoisotopic (exact) mass is 252 g/mol. The standard InChI is InChI=1S/C16H32N2/c1-13(2)15-6-10-18(11-7-15)16(12-17)8-4-14(3)5-9-16/h13-15H,4-12,17H2,1-3H3. The van der Waals surface area contributed by atoms with Crippen molar-refractivity contribution in [3.05, 3.63) is 0 Å². The highest BCUT2D eigenvalue weighted by atomic mass is 15.2. The van der Waals surface area contributed by atoms with Crippen molar-refractivity contribution in [3.63, 3.8) is 0 Å². The summed E-state index contributed by atoms with van der Waals surface area (Å²) in [5.74, 6) is 2.71. The fourth-order valence-corrected chi connectivity index (χ4v) is 3.99. The Morgan fingerprint density at radius 3 is 2.11 bits per heavy atom. The molecule has 0 amide bonds. The van der Waals surface area contributed by atoms with Crippen LogP contribution in [0.2, 0.25) is 0 Å². The molecule has 0 spiro atoms. The lowest BCUT2D eigenvalue weighted by Crippen LogP contribution is -2.58. The first-order chi connectivity index (χ1) is 8.57. The summed E-state index contributed by atoms with van der Waals surface area (Å²) in [5, 5.41) is 0. The van der Waals surface area contributed by atoms with Gasteiger partial charge in [-0.2, -0.15) is 0 Å². The van der Waals surface area contributed by atoms with Crippen LogP contribution in [0.5, 0.6) is 0 Å². The highest BCUT2D eigenvalue weighted by Gasteiger charge is 2.39. The Balaban J connectivity index is 1.94. The average molecular weight is 252 g/mol. The maximum Gasteiger partial charge on any atom is 0.0331 e. The minimum atomic E-state index is 0.356. The van der Waals surface area contributed by atoms with Gasteiger partial charge in [0, 0.05) is 12.1 Å². The fourth-order valence-electron chi connectivity index (χ4n) is 3.99. The quantitative estimate of drug-likeness (QED) is 0.835. The molecule has 2 N–H and O–H groups in total. The average Bonchev–Trinajstić information content (AvgIpc) is 2.40. The Bertz CT molecular complexity index is 246. The van der Waals surface area contributed by atoms with Gasteiger partial charge in [-0.25, -0.2) is 0 Å². The largest absolute Gasteiger partial charge is 0.329 e. The van der Waals surface area contributed by atoms with E-state index in [0.717, 1.165) is 24.3 Å². The van der Waals surface area contributed by atoms with Gasteiger partial charge in [0.05, 0.1) is 0 Å². The molecule has 0 aromatic rings. The van der Waals surface area contributed by atoms with Crippen molar-refractivity contribution in [1.82, 2.24) is 4.90 Å². The molecule has 18 heavy (non-hydrogen) atoms. The van der Waals surface area contributed by atoms with E-state index < -0.39 is 0 Å². The van der Waals surface area contributed by atoms with E-state index in [1.165, 1.54) is 51.6 Å². The van der Waals surface area contributed by atoms with E-state index in [9.17, 15) is 0 Å². The Morgan fingerprint density at radius 2 is 1.67 bits per heavy atom. The summed E-state index contributed by atoms with van der Waals surface area (Å²) < 4.78 is 0. The third-order valence-corrected chi connectivity index (χ3v) is 5.74. The van der Waals surface area contributed by atoms with Crippen LogP contribution in [0.4, 0.5) is 0 Å². The number of piperidine rings is 1. The molecule has 1 saturated heterocycles. The van der Waals surface area contributed by atoms with E-state index >= 15 is 0 Å². The SMILES string of the molecule is CC1CCC(CN)(N2CCC(C(C)C)CC2)CC1. The van der Waals surface area contributed by atoms with Gasteiger partial charge in [0.25, 0.3) is 0 Å². The molecule has 2 heteroatoms. The van der Waals surface area contributed by atoms with Crippen LogP contribution < -0.4 is 5.73 Å². The van der Waals surface area contributed by atoms with Crippen LogP contribution in [0.3, 0.4) is 0 Å². The van der Waals surface area contributed by atoms with Crippen molar-refractivity contribution >= 4 is 0 Å². The summed E-state index contributed by atoms with van der Waals surface area (Å²) in [5.41, 5.74) is 6.52. The number of nitrogens with two attached hydrogens (primary N) is 1. The molecule has 2 nitrogen and oxygen atoms in total. The molecular formula is C16H32N2. The van der Waals surface area contributed by atoms with Gasteiger partial charge in [0.15, 0.2) is 0 Å². The second-order valence-electron chi connectivity index (χ2n) is 7.18. The topological polar surface area (TPSA) is 29.3 Å². The molecule has 1 saturated carbocycles. The van der Waals surface area contributed by atoms with Crippen LogP contribution in [0.15, 0.2) is 0 Å². The molecule has 0 bridgehead atoms. The highest BCUT2D eigenvalue weighted by molar-refractivity contribution is 4.97. The molecule has 0 aromatic heterocycles. The maximum atomic E-state index is 6.17. The second kappa shape index (κ2) is 5.92. The van der Waals surface area contributed by atoms with E-state index in [0.29, 0.717) is 5.54 Å². The minimum absolute atomic E-state index is 0.356. The van der Waals surface area contributed by atoms with Crippen molar-refractivity contribution in [2.24, 2.45) is 23.5 Å². The molecule has 106 valence electrons. The molecule has 1 aliphatic heterocycles. The van der Waals surface area contributed by atoms with Gasteiger partial charge >= 0.3 is 0 Å². The molecular weight excluding hydrogens is 220 g/mol. The third kappa shape index (κ3) is 2.91. The van der Waals surface area contributed by atoms with Crippen LogP contribution in [-0.4, -0.2) is 30.1 Å². The molecule has 2 fully saturated rings. The zero-order valence-electron chi connectivity index (χ0n) is 12.6. The maximum absolute atomic E-state index is 6.17. The zero-order chi connectivity index (χ0) is 13.2. The van der Waals surface area contributed by atoms with Gasteiger partial charge < -0.3 is 5.73 Å². The molecule has 0 radical (unpaired) electrons. The van der Waals surface area contributed by atoms with Gasteiger partial charge in [0.2, 0.25) is 0 Å². The van der Waals surface area contributed by atoms with Crippen molar-refractivity contribution < 1.29 is 0 Å². The number of hydrogen-bond donors (Lipinski definition) is 1. The van der Waals surface area contributed by atoms with E-state index in [1.54, 1.807) is 0 Å². The lowest BCUT2D eigenvalue weighted by atomic mass is 9.74. The molecule has 0 aromatic carbocycles. The molecule has 0 atom stereocenters. The van der Waals surface area contributed by atoms with Gasteiger partial charge in [-0.1, -0.05) is 20.8 Å². The predicted molar refractivity (Wildman–Crippen MR) is 78.6 cm³/mol. The highest BCUT2D eigenvalue weighted by Crippen LogP contribution is 2.38. The van der Waals surface area contributed by atoms with Crippen LogP contribution in [-0.2, 0) is 0 Å². The lowest BCUT2D eigenvalue weighted by Gasteiger charge is -2.50. The van der Waals surface area contributed by atoms with E-state index in [4.69, 9.17) is 5.73 Å².